The Morgan fingerprint density at radius 2 is 1.88 bits per heavy atom. The first-order valence-electron chi connectivity index (χ1n) is 10.8. The van der Waals surface area contributed by atoms with E-state index in [1.165, 1.54) is 0 Å². The maximum atomic E-state index is 12.6. The van der Waals surface area contributed by atoms with Crippen LogP contribution in [0.25, 0.3) is 0 Å². The van der Waals surface area contributed by atoms with Crippen LogP contribution in [-0.4, -0.2) is 32.0 Å². The van der Waals surface area contributed by atoms with Crippen LogP contribution in [0, 0.1) is 0 Å². The molecule has 1 aliphatic rings. The molecular formula is C25H29N5OS. The summed E-state index contributed by atoms with van der Waals surface area (Å²) in [6, 6.07) is 17.4. The number of anilines is 1. The number of rotatable bonds is 6. The number of hydrogen-bond donors (Lipinski definition) is 2. The summed E-state index contributed by atoms with van der Waals surface area (Å²) < 4.78 is 2.21. The molecule has 1 saturated heterocycles. The molecule has 2 N–H and O–H groups in total. The van der Waals surface area contributed by atoms with E-state index in [0.29, 0.717) is 18.1 Å². The van der Waals surface area contributed by atoms with Crippen LogP contribution < -0.4 is 10.6 Å². The highest BCUT2D eigenvalue weighted by Gasteiger charge is 2.40. The molecule has 0 aliphatic carbocycles. The molecular weight excluding hydrogens is 418 g/mol. The van der Waals surface area contributed by atoms with Crippen molar-refractivity contribution in [3.63, 3.8) is 0 Å². The lowest BCUT2D eigenvalue weighted by molar-refractivity contribution is -0.116. The fraction of sp³-hybridized carbons (Fsp3) is 0.320. The SMILES string of the molecule is CC(C)(C)n1ccc([C@@H]2[C@@H](c3ccccn3)NC(=S)N2CCC(=O)Nc2ccccc2)c1. The molecule has 0 spiro atoms. The minimum Gasteiger partial charge on any atom is -0.352 e. The van der Waals surface area contributed by atoms with Gasteiger partial charge in [-0.3, -0.25) is 9.78 Å². The van der Waals surface area contributed by atoms with Crippen LogP contribution in [0.15, 0.2) is 73.2 Å². The van der Waals surface area contributed by atoms with Gasteiger partial charge >= 0.3 is 0 Å². The van der Waals surface area contributed by atoms with Gasteiger partial charge < -0.3 is 20.1 Å². The van der Waals surface area contributed by atoms with Gasteiger partial charge in [0.05, 0.1) is 17.8 Å². The topological polar surface area (TPSA) is 62.2 Å². The van der Waals surface area contributed by atoms with Crippen molar-refractivity contribution < 1.29 is 4.79 Å². The lowest BCUT2D eigenvalue weighted by Crippen LogP contribution is -2.32. The number of hydrogen-bond acceptors (Lipinski definition) is 3. The second-order valence-corrected chi connectivity index (χ2v) is 9.39. The number of para-hydroxylation sites is 1. The molecule has 1 fully saturated rings. The highest BCUT2D eigenvalue weighted by Crippen LogP contribution is 2.39. The molecule has 2 aromatic heterocycles. The van der Waals surface area contributed by atoms with Crippen molar-refractivity contribution in [3.8, 4) is 0 Å². The van der Waals surface area contributed by atoms with Gasteiger partial charge in [0.15, 0.2) is 5.11 Å². The summed E-state index contributed by atoms with van der Waals surface area (Å²) in [4.78, 5) is 19.3. The predicted molar refractivity (Wildman–Crippen MR) is 131 cm³/mol. The number of pyridine rings is 1. The molecule has 3 heterocycles. The van der Waals surface area contributed by atoms with E-state index >= 15 is 0 Å². The number of carbonyl (C=O) groups excluding carboxylic acids is 1. The lowest BCUT2D eigenvalue weighted by Gasteiger charge is -2.27. The van der Waals surface area contributed by atoms with Crippen LogP contribution in [0.4, 0.5) is 5.69 Å². The number of carbonyl (C=O) groups is 1. The van der Waals surface area contributed by atoms with Crippen molar-refractivity contribution in [2.45, 2.75) is 44.8 Å². The molecule has 0 radical (unpaired) electrons. The van der Waals surface area contributed by atoms with Crippen LogP contribution in [0.5, 0.6) is 0 Å². The van der Waals surface area contributed by atoms with Crippen molar-refractivity contribution in [1.82, 2.24) is 19.8 Å². The minimum atomic E-state index is -0.0864. The summed E-state index contributed by atoms with van der Waals surface area (Å²) >= 11 is 5.71. The van der Waals surface area contributed by atoms with E-state index in [9.17, 15) is 4.79 Å². The highest BCUT2D eigenvalue weighted by molar-refractivity contribution is 7.80. The van der Waals surface area contributed by atoms with Crippen LogP contribution >= 0.6 is 12.2 Å². The molecule has 32 heavy (non-hydrogen) atoms. The first kappa shape index (κ1) is 22.0. The maximum Gasteiger partial charge on any atom is 0.226 e. The summed E-state index contributed by atoms with van der Waals surface area (Å²) in [7, 11) is 0. The van der Waals surface area contributed by atoms with Gasteiger partial charge in [-0.1, -0.05) is 24.3 Å². The van der Waals surface area contributed by atoms with Gasteiger partial charge in [-0.15, -0.1) is 0 Å². The molecule has 3 aromatic rings. The standard InChI is InChI=1S/C25H29N5OS/c1-25(2,3)29-15-12-18(17-29)23-22(20-11-7-8-14-26-20)28-24(32)30(23)16-13-21(31)27-19-9-5-4-6-10-19/h4-12,14-15,17,22-23H,13,16H2,1-3H3,(H,27,31)(H,28,32)/t22-,23-/m1/s1. The fourth-order valence-corrected chi connectivity index (χ4v) is 4.31. The monoisotopic (exact) mass is 447 g/mol. The zero-order valence-corrected chi connectivity index (χ0v) is 19.5. The Balaban J connectivity index is 1.57. The van der Waals surface area contributed by atoms with E-state index in [0.717, 1.165) is 16.9 Å². The molecule has 0 unspecified atom stereocenters. The fourth-order valence-electron chi connectivity index (χ4n) is 3.98. The van der Waals surface area contributed by atoms with E-state index < -0.39 is 0 Å². The Hall–Kier alpha value is -3.19. The second kappa shape index (κ2) is 9.12. The molecule has 7 heteroatoms. The lowest BCUT2D eigenvalue weighted by atomic mass is 9.99. The second-order valence-electron chi connectivity index (χ2n) is 9.01. The average Bonchev–Trinajstić information content (AvgIpc) is 3.38. The van der Waals surface area contributed by atoms with Crippen molar-refractivity contribution in [2.75, 3.05) is 11.9 Å². The largest absolute Gasteiger partial charge is 0.352 e. The number of aromatic nitrogens is 2. The van der Waals surface area contributed by atoms with Crippen molar-refractivity contribution in [3.05, 3.63) is 84.4 Å². The first-order valence-corrected chi connectivity index (χ1v) is 11.2. The third-order valence-corrected chi connectivity index (χ3v) is 6.02. The maximum absolute atomic E-state index is 12.6. The molecule has 1 amide bonds. The van der Waals surface area contributed by atoms with Gasteiger partial charge in [0.1, 0.15) is 0 Å². The van der Waals surface area contributed by atoms with Crippen molar-refractivity contribution >= 4 is 28.9 Å². The quantitative estimate of drug-likeness (QED) is 0.539. The number of nitrogens with zero attached hydrogens (tertiary/aromatic N) is 3. The third-order valence-electron chi connectivity index (χ3n) is 5.67. The van der Waals surface area contributed by atoms with Crippen LogP contribution in [0.1, 0.15) is 50.5 Å². The van der Waals surface area contributed by atoms with Gasteiger partial charge in [0.25, 0.3) is 0 Å². The predicted octanol–water partition coefficient (Wildman–Crippen LogP) is 4.64. The molecule has 1 aromatic carbocycles. The molecule has 0 bridgehead atoms. The van der Waals surface area contributed by atoms with E-state index in [2.05, 4.69) is 64.3 Å². The Bertz CT molecular complexity index is 1070. The normalized spacial score (nSPS) is 18.5. The highest BCUT2D eigenvalue weighted by atomic mass is 32.1. The first-order chi connectivity index (χ1) is 15.3. The third kappa shape index (κ3) is 4.83. The van der Waals surface area contributed by atoms with E-state index in [-0.39, 0.29) is 23.5 Å². The molecule has 4 rings (SSSR count). The number of amides is 1. The van der Waals surface area contributed by atoms with Crippen LogP contribution in [0.2, 0.25) is 0 Å². The minimum absolute atomic E-state index is 0.0221. The van der Waals surface area contributed by atoms with Gasteiger partial charge in [-0.2, -0.15) is 0 Å². The molecule has 1 aliphatic heterocycles. The number of thiocarbonyl (C=S) groups is 1. The Labute approximate surface area is 194 Å². The van der Waals surface area contributed by atoms with Gasteiger partial charge in [0.2, 0.25) is 5.91 Å². The molecule has 0 saturated carbocycles. The zero-order valence-electron chi connectivity index (χ0n) is 18.7. The molecule has 2 atom stereocenters. The number of benzene rings is 1. The summed E-state index contributed by atoms with van der Waals surface area (Å²) in [6.07, 6.45) is 6.41. The number of nitrogens with one attached hydrogen (secondary N) is 2. The van der Waals surface area contributed by atoms with Crippen LogP contribution in [-0.2, 0) is 10.3 Å². The van der Waals surface area contributed by atoms with E-state index in [4.69, 9.17) is 12.2 Å². The average molecular weight is 448 g/mol. The Morgan fingerprint density at radius 1 is 1.12 bits per heavy atom. The van der Waals surface area contributed by atoms with Gasteiger partial charge in [-0.25, -0.2) is 0 Å². The summed E-state index contributed by atoms with van der Waals surface area (Å²) in [5.41, 5.74) is 2.85. The smallest absolute Gasteiger partial charge is 0.226 e. The molecule has 6 nitrogen and oxygen atoms in total. The summed E-state index contributed by atoms with van der Waals surface area (Å²) in [5, 5.41) is 7.04. The van der Waals surface area contributed by atoms with E-state index in [1.807, 2.05) is 48.5 Å². The Morgan fingerprint density at radius 3 is 2.53 bits per heavy atom. The Kier molecular flexibility index (Phi) is 6.28. The van der Waals surface area contributed by atoms with Crippen molar-refractivity contribution in [2.24, 2.45) is 0 Å². The van der Waals surface area contributed by atoms with Gasteiger partial charge in [-0.05, 0) is 68.9 Å². The van der Waals surface area contributed by atoms with Gasteiger partial charge in [0, 0.05) is 42.8 Å². The molecule has 166 valence electrons. The van der Waals surface area contributed by atoms with Crippen LogP contribution in [0.3, 0.4) is 0 Å². The summed E-state index contributed by atoms with van der Waals surface area (Å²) in [5.74, 6) is -0.0358. The summed E-state index contributed by atoms with van der Waals surface area (Å²) in [6.45, 7) is 7.04. The van der Waals surface area contributed by atoms with Crippen molar-refractivity contribution in [1.29, 1.82) is 0 Å². The van der Waals surface area contributed by atoms with E-state index in [1.54, 1.807) is 6.20 Å². The zero-order chi connectivity index (χ0) is 22.7.